The first-order valence-corrected chi connectivity index (χ1v) is 12.9. The third-order valence-electron chi connectivity index (χ3n) is 7.19. The van der Waals surface area contributed by atoms with Crippen molar-refractivity contribution < 1.29 is 28.3 Å². The van der Waals surface area contributed by atoms with E-state index in [2.05, 4.69) is 25.5 Å². The lowest BCUT2D eigenvalue weighted by Crippen LogP contribution is -2.45. The van der Waals surface area contributed by atoms with Crippen LogP contribution in [-0.2, 0) is 14.3 Å². The summed E-state index contributed by atoms with van der Waals surface area (Å²) in [6, 6.07) is 2.26. The van der Waals surface area contributed by atoms with E-state index in [0.717, 1.165) is 0 Å². The van der Waals surface area contributed by atoms with E-state index in [0.29, 0.717) is 41.4 Å². The second-order valence-corrected chi connectivity index (χ2v) is 10.0. The van der Waals surface area contributed by atoms with Crippen LogP contribution in [0.15, 0.2) is 69.6 Å². The van der Waals surface area contributed by atoms with Crippen LogP contribution >= 0.6 is 11.6 Å². The topological polar surface area (TPSA) is 138 Å². The van der Waals surface area contributed by atoms with Crippen molar-refractivity contribution in [1.29, 1.82) is 0 Å². The van der Waals surface area contributed by atoms with E-state index in [1.54, 1.807) is 11.0 Å². The number of halogens is 3. The van der Waals surface area contributed by atoms with Crippen LogP contribution in [0.5, 0.6) is 0 Å². The number of tetrazole rings is 1. The molecule has 0 bridgehead atoms. The van der Waals surface area contributed by atoms with Crippen molar-refractivity contribution in [2.75, 3.05) is 6.61 Å². The summed E-state index contributed by atoms with van der Waals surface area (Å²) in [5.41, 5.74) is 0.947. The van der Waals surface area contributed by atoms with Crippen LogP contribution in [0.1, 0.15) is 31.7 Å². The molecule has 0 aliphatic carbocycles. The Balaban J connectivity index is 1.29. The number of amides is 1. The minimum absolute atomic E-state index is 0.0458. The molecule has 1 N–H and O–H groups in total. The van der Waals surface area contributed by atoms with E-state index < -0.39 is 30.3 Å². The highest BCUT2D eigenvalue weighted by Gasteiger charge is 2.43. The molecule has 1 saturated heterocycles. The molecule has 5 heterocycles. The van der Waals surface area contributed by atoms with Crippen LogP contribution in [0, 0.1) is 5.82 Å². The molecule has 6 rings (SSSR count). The number of amidine groups is 1. The Hall–Kier alpha value is -4.56. The van der Waals surface area contributed by atoms with Crippen molar-refractivity contribution >= 4 is 41.1 Å². The standard InChI is InChI=1S/C26H21ClF2N8O4/c1-13(38)41-11-21-24(28)16(6-7-36(21)40)18-10-30-26(32-18)20-4-2-15-8-14(9-22(39)37(15)20)23-19(35-12-31-33-34-35)5-3-17(27)25(23)29/h3,5-7,9-10,12,15,20,40H,2,4,8,11H2,1H3/t15?,20-/m0/s1. The zero-order chi connectivity index (χ0) is 28.8. The van der Waals surface area contributed by atoms with Gasteiger partial charge in [0.2, 0.25) is 5.91 Å². The lowest BCUT2D eigenvalue weighted by Gasteiger charge is -2.33. The zero-order valence-corrected chi connectivity index (χ0v) is 22.2. The van der Waals surface area contributed by atoms with E-state index in [1.807, 2.05) is 0 Å². The first-order chi connectivity index (χ1) is 19.7. The Morgan fingerprint density at radius 2 is 2.10 bits per heavy atom. The molecule has 0 spiro atoms. The fraction of sp³-hybridized carbons (Fsp3) is 0.269. The highest BCUT2D eigenvalue weighted by Crippen LogP contribution is 2.41. The molecule has 15 heteroatoms. The van der Waals surface area contributed by atoms with Gasteiger partial charge < -0.3 is 9.64 Å². The minimum Gasteiger partial charge on any atom is -0.459 e. The second kappa shape index (κ2) is 10.4. The van der Waals surface area contributed by atoms with E-state index in [9.17, 15) is 14.8 Å². The predicted octanol–water partition coefficient (Wildman–Crippen LogP) is 3.30. The van der Waals surface area contributed by atoms with Gasteiger partial charge in [0.05, 0.1) is 28.7 Å². The Morgan fingerprint density at radius 1 is 1.27 bits per heavy atom. The molecule has 2 aromatic rings. The Bertz CT molecular complexity index is 1650. The number of aromatic nitrogens is 4. The number of nitrogens with zero attached hydrogens (tertiary/aromatic N) is 8. The average molecular weight is 583 g/mol. The monoisotopic (exact) mass is 582 g/mol. The number of benzene rings is 1. The molecule has 1 unspecified atom stereocenters. The zero-order valence-electron chi connectivity index (χ0n) is 21.4. The van der Waals surface area contributed by atoms with E-state index in [4.69, 9.17) is 16.3 Å². The lowest BCUT2D eigenvalue weighted by atomic mass is 9.92. The van der Waals surface area contributed by atoms with Crippen LogP contribution in [0.2, 0.25) is 5.02 Å². The molecule has 41 heavy (non-hydrogen) atoms. The van der Waals surface area contributed by atoms with Gasteiger partial charge in [-0.15, -0.1) is 5.10 Å². The van der Waals surface area contributed by atoms with Crippen molar-refractivity contribution in [3.05, 3.63) is 76.0 Å². The van der Waals surface area contributed by atoms with Gasteiger partial charge in [-0.3, -0.25) is 14.8 Å². The number of esters is 1. The number of fused-ring (bicyclic) bond motifs is 1. The maximum absolute atomic E-state index is 15.3. The number of hydrogen-bond donors (Lipinski definition) is 1. The number of rotatable bonds is 5. The van der Waals surface area contributed by atoms with E-state index in [-0.39, 0.29) is 39.5 Å². The van der Waals surface area contributed by atoms with Crippen molar-refractivity contribution in [3.8, 4) is 5.69 Å². The predicted molar refractivity (Wildman–Crippen MR) is 141 cm³/mol. The van der Waals surface area contributed by atoms with Crippen molar-refractivity contribution in [2.24, 2.45) is 9.98 Å². The highest BCUT2D eigenvalue weighted by molar-refractivity contribution is 6.31. The molecular weight excluding hydrogens is 562 g/mol. The Labute approximate surface area is 236 Å². The molecule has 4 aliphatic rings. The number of allylic oxidation sites excluding steroid dienone is 4. The van der Waals surface area contributed by atoms with Gasteiger partial charge in [-0.25, -0.2) is 23.8 Å². The van der Waals surface area contributed by atoms with Crippen LogP contribution in [-0.4, -0.2) is 78.0 Å². The summed E-state index contributed by atoms with van der Waals surface area (Å²) in [5.74, 6) is -2.14. The summed E-state index contributed by atoms with van der Waals surface area (Å²) in [7, 11) is 0. The molecule has 1 aromatic carbocycles. The molecule has 0 saturated carbocycles. The first kappa shape index (κ1) is 26.7. The Morgan fingerprint density at radius 3 is 2.85 bits per heavy atom. The van der Waals surface area contributed by atoms with Crippen molar-refractivity contribution in [2.45, 2.75) is 38.3 Å². The van der Waals surface area contributed by atoms with Gasteiger partial charge in [-0.05, 0) is 53.5 Å². The maximum Gasteiger partial charge on any atom is 0.303 e. The summed E-state index contributed by atoms with van der Waals surface area (Å²) in [6.45, 7) is 0.697. The van der Waals surface area contributed by atoms with E-state index in [1.165, 1.54) is 48.6 Å². The summed E-state index contributed by atoms with van der Waals surface area (Å²) in [6.07, 6.45) is 8.12. The van der Waals surface area contributed by atoms with E-state index >= 15 is 8.78 Å². The third kappa shape index (κ3) is 4.74. The lowest BCUT2D eigenvalue weighted by molar-refractivity contribution is -0.141. The fourth-order valence-corrected chi connectivity index (χ4v) is 5.51. The Kier molecular flexibility index (Phi) is 6.79. The molecular formula is C26H21ClF2N8O4. The van der Waals surface area contributed by atoms with Crippen molar-refractivity contribution in [3.63, 3.8) is 0 Å². The number of carbonyl (C=O) groups is 2. The first-order valence-electron chi connectivity index (χ1n) is 12.5. The molecule has 0 radical (unpaired) electrons. The number of carbonyl (C=O) groups excluding carboxylic acids is 2. The maximum atomic E-state index is 15.3. The summed E-state index contributed by atoms with van der Waals surface area (Å²) < 4.78 is 36.7. The smallest absolute Gasteiger partial charge is 0.303 e. The summed E-state index contributed by atoms with van der Waals surface area (Å²) in [4.78, 5) is 35.1. The van der Waals surface area contributed by atoms with Gasteiger partial charge in [0.15, 0.2) is 17.5 Å². The molecule has 210 valence electrons. The number of hydrogen-bond acceptors (Lipinski definition) is 10. The average Bonchev–Trinajstić information content (AvgIpc) is 3.71. The second-order valence-electron chi connectivity index (χ2n) is 9.60. The van der Waals surface area contributed by atoms with Crippen LogP contribution in [0.3, 0.4) is 0 Å². The quantitative estimate of drug-likeness (QED) is 0.530. The molecule has 4 aliphatic heterocycles. The normalized spacial score (nSPS) is 23.8. The SMILES string of the molecule is CC(=O)OCC1=C(F)C(=C2C=NC([C@@H]3CCC4CC(c5c(-n6cnnn6)ccc(Cl)c5F)=CC(=O)N43)=N2)C=CN1O. The molecule has 1 fully saturated rings. The van der Waals surface area contributed by atoms with Gasteiger partial charge in [0.25, 0.3) is 0 Å². The largest absolute Gasteiger partial charge is 0.459 e. The molecule has 2 atom stereocenters. The molecule has 1 aromatic heterocycles. The minimum atomic E-state index is -0.824. The van der Waals surface area contributed by atoms with Gasteiger partial charge in [-0.1, -0.05) is 11.6 Å². The van der Waals surface area contributed by atoms with Crippen LogP contribution in [0.25, 0.3) is 11.3 Å². The van der Waals surface area contributed by atoms with Gasteiger partial charge in [0.1, 0.15) is 18.6 Å². The summed E-state index contributed by atoms with van der Waals surface area (Å²) in [5, 5.41) is 21.5. The summed E-state index contributed by atoms with van der Waals surface area (Å²) >= 11 is 6.09. The molecule has 1 amide bonds. The number of ether oxygens (including phenoxy) is 1. The number of hydroxylamine groups is 2. The van der Waals surface area contributed by atoms with Gasteiger partial charge in [-0.2, -0.15) is 4.68 Å². The third-order valence-corrected chi connectivity index (χ3v) is 7.48. The molecule has 12 nitrogen and oxygen atoms in total. The van der Waals surface area contributed by atoms with Crippen molar-refractivity contribution in [1.82, 2.24) is 30.2 Å². The van der Waals surface area contributed by atoms with Gasteiger partial charge >= 0.3 is 5.97 Å². The number of aliphatic imine (C=N–C) groups is 2. The van der Waals surface area contributed by atoms with Crippen LogP contribution < -0.4 is 0 Å². The van der Waals surface area contributed by atoms with Gasteiger partial charge in [0, 0.05) is 36.4 Å². The highest BCUT2D eigenvalue weighted by atomic mass is 35.5. The van der Waals surface area contributed by atoms with Crippen LogP contribution in [0.4, 0.5) is 8.78 Å². The fourth-order valence-electron chi connectivity index (χ4n) is 5.35.